The van der Waals surface area contributed by atoms with E-state index in [2.05, 4.69) is 4.72 Å². The number of cyclic esters (lactones) is 1. The Kier molecular flexibility index (Phi) is 3.83. The highest BCUT2D eigenvalue weighted by molar-refractivity contribution is 7.89. The van der Waals surface area contributed by atoms with Gasteiger partial charge in [0.15, 0.2) is 0 Å². The molecule has 1 aliphatic heterocycles. The summed E-state index contributed by atoms with van der Waals surface area (Å²) in [6, 6.07) is 5.09. The van der Waals surface area contributed by atoms with Gasteiger partial charge in [-0.05, 0) is 12.1 Å². The van der Waals surface area contributed by atoms with Gasteiger partial charge < -0.3 is 10.5 Å². The molecule has 1 atom stereocenters. The van der Waals surface area contributed by atoms with Crippen LogP contribution in [0.25, 0.3) is 0 Å². The van der Waals surface area contributed by atoms with Gasteiger partial charge in [-0.15, -0.1) is 0 Å². The molecule has 1 saturated heterocycles. The number of benzene rings is 1. The lowest BCUT2D eigenvalue weighted by Crippen LogP contribution is -2.37. The normalized spacial score (nSPS) is 19.2. The number of carbonyl (C=O) groups excluding carboxylic acids is 1. The molecule has 8 heteroatoms. The van der Waals surface area contributed by atoms with Crippen LogP contribution < -0.4 is 10.5 Å². The second kappa shape index (κ2) is 5.24. The van der Waals surface area contributed by atoms with E-state index in [0.717, 1.165) is 0 Å². The fraction of sp³-hybridized carbons (Fsp3) is 0.273. The molecule has 3 N–H and O–H groups in total. The molecule has 0 aliphatic carbocycles. The Hall–Kier alpha value is -1.51. The summed E-state index contributed by atoms with van der Waals surface area (Å²) in [5.74, 6) is -0.561. The summed E-state index contributed by atoms with van der Waals surface area (Å²) >= 11 is 4.80. The van der Waals surface area contributed by atoms with Crippen LogP contribution in [0, 0.1) is 0 Å². The van der Waals surface area contributed by atoms with Gasteiger partial charge in [-0.25, -0.2) is 8.42 Å². The molecule has 19 heavy (non-hydrogen) atoms. The van der Waals surface area contributed by atoms with E-state index in [1.54, 1.807) is 6.07 Å². The first-order valence-corrected chi connectivity index (χ1v) is 7.38. The maximum Gasteiger partial charge on any atom is 0.324 e. The molecule has 1 aromatic rings. The minimum absolute atomic E-state index is 0.0116. The first kappa shape index (κ1) is 13.9. The lowest BCUT2D eigenvalue weighted by Gasteiger charge is -2.10. The van der Waals surface area contributed by atoms with Crippen molar-refractivity contribution in [2.45, 2.75) is 17.4 Å². The molecule has 102 valence electrons. The highest BCUT2D eigenvalue weighted by Gasteiger charge is 2.31. The van der Waals surface area contributed by atoms with E-state index in [9.17, 15) is 13.2 Å². The van der Waals surface area contributed by atoms with Crippen molar-refractivity contribution in [2.24, 2.45) is 5.73 Å². The van der Waals surface area contributed by atoms with Crippen LogP contribution in [0.3, 0.4) is 0 Å². The second-order valence-corrected chi connectivity index (χ2v) is 6.18. The molecule has 0 saturated carbocycles. The number of hydrogen-bond donors (Lipinski definition) is 2. The van der Waals surface area contributed by atoms with Crippen molar-refractivity contribution in [2.75, 3.05) is 6.61 Å². The molecule has 2 rings (SSSR count). The molecule has 0 spiro atoms. The van der Waals surface area contributed by atoms with Crippen LogP contribution in [0.15, 0.2) is 29.2 Å². The van der Waals surface area contributed by atoms with Crippen LogP contribution in [-0.4, -0.2) is 32.0 Å². The van der Waals surface area contributed by atoms with Gasteiger partial charge in [0.05, 0.1) is 11.5 Å². The van der Waals surface area contributed by atoms with Crippen molar-refractivity contribution in [1.29, 1.82) is 0 Å². The number of hydrogen-bond acceptors (Lipinski definition) is 5. The molecule has 1 aliphatic rings. The second-order valence-electron chi connectivity index (χ2n) is 4.02. The number of carbonyl (C=O) groups is 1. The molecule has 1 fully saturated rings. The Morgan fingerprint density at radius 2 is 2.21 bits per heavy atom. The average molecular weight is 300 g/mol. The minimum Gasteiger partial charge on any atom is -0.464 e. The Balaban J connectivity index is 2.26. The molecule has 0 bridgehead atoms. The third kappa shape index (κ3) is 3.09. The smallest absolute Gasteiger partial charge is 0.324 e. The zero-order chi connectivity index (χ0) is 14.0. The largest absolute Gasteiger partial charge is 0.464 e. The van der Waals surface area contributed by atoms with Crippen LogP contribution in [0.5, 0.6) is 0 Å². The highest BCUT2D eigenvalue weighted by Crippen LogP contribution is 2.15. The standard InChI is InChI=1S/C11H12N2O4S2/c12-10(18)7-2-1-3-8(6-7)19(15,16)13-9-4-5-17-11(9)14/h1-3,6,9,13H,4-5H2,(H2,12,18). The SMILES string of the molecule is NC(=S)c1cccc(S(=O)(=O)NC2CCOC2=O)c1. The van der Waals surface area contributed by atoms with Gasteiger partial charge in [-0.1, -0.05) is 24.4 Å². The van der Waals surface area contributed by atoms with Crippen LogP contribution >= 0.6 is 12.2 Å². The van der Waals surface area contributed by atoms with E-state index in [0.29, 0.717) is 12.0 Å². The molecule has 1 unspecified atom stereocenters. The summed E-state index contributed by atoms with van der Waals surface area (Å²) in [6.07, 6.45) is 0.326. The van der Waals surface area contributed by atoms with E-state index >= 15 is 0 Å². The summed E-state index contributed by atoms with van der Waals surface area (Å²) < 4.78 is 31.2. The number of sulfonamides is 1. The molecule has 1 aromatic carbocycles. The third-order valence-electron chi connectivity index (χ3n) is 2.66. The summed E-state index contributed by atoms with van der Waals surface area (Å²) in [5.41, 5.74) is 5.90. The van der Waals surface area contributed by atoms with E-state index in [1.165, 1.54) is 18.2 Å². The number of esters is 1. The summed E-state index contributed by atoms with van der Waals surface area (Å²) in [5, 5.41) is 0. The summed E-state index contributed by atoms with van der Waals surface area (Å²) in [6.45, 7) is 0.221. The van der Waals surface area contributed by atoms with Crippen molar-refractivity contribution in [3.05, 3.63) is 29.8 Å². The van der Waals surface area contributed by atoms with Crippen molar-refractivity contribution < 1.29 is 17.9 Å². The van der Waals surface area contributed by atoms with E-state index in [4.69, 9.17) is 22.7 Å². The van der Waals surface area contributed by atoms with Crippen LogP contribution in [0.2, 0.25) is 0 Å². The Labute approximate surface area is 116 Å². The van der Waals surface area contributed by atoms with E-state index in [-0.39, 0.29) is 16.5 Å². The van der Waals surface area contributed by atoms with Crippen molar-refractivity contribution in [3.8, 4) is 0 Å². The number of thiocarbonyl (C=S) groups is 1. The topological polar surface area (TPSA) is 98.5 Å². The predicted molar refractivity (Wildman–Crippen MR) is 72.0 cm³/mol. The zero-order valence-corrected chi connectivity index (χ0v) is 11.5. The fourth-order valence-corrected chi connectivity index (χ4v) is 3.07. The zero-order valence-electron chi connectivity index (χ0n) is 9.83. The van der Waals surface area contributed by atoms with Gasteiger partial charge in [0.25, 0.3) is 0 Å². The molecule has 0 aromatic heterocycles. The first-order valence-electron chi connectivity index (χ1n) is 5.49. The summed E-state index contributed by atoms with van der Waals surface area (Å²) in [7, 11) is -3.80. The molecule has 0 radical (unpaired) electrons. The van der Waals surface area contributed by atoms with Crippen LogP contribution in [0.1, 0.15) is 12.0 Å². The van der Waals surface area contributed by atoms with Crippen LogP contribution in [0.4, 0.5) is 0 Å². The first-order chi connectivity index (χ1) is 8.90. The van der Waals surface area contributed by atoms with Gasteiger partial charge >= 0.3 is 5.97 Å². The quantitative estimate of drug-likeness (QED) is 0.596. The van der Waals surface area contributed by atoms with E-state index in [1.807, 2.05) is 0 Å². The van der Waals surface area contributed by atoms with E-state index < -0.39 is 22.0 Å². The predicted octanol–water partition coefficient (Wildman–Crippen LogP) is -0.0854. The number of ether oxygens (including phenoxy) is 1. The number of rotatable bonds is 4. The van der Waals surface area contributed by atoms with Crippen molar-refractivity contribution >= 4 is 33.2 Å². The molecular formula is C11H12N2O4S2. The highest BCUT2D eigenvalue weighted by atomic mass is 32.2. The van der Waals surface area contributed by atoms with Gasteiger partial charge in [0.2, 0.25) is 10.0 Å². The summed E-state index contributed by atoms with van der Waals surface area (Å²) in [4.78, 5) is 11.4. The van der Waals surface area contributed by atoms with Crippen LogP contribution in [-0.2, 0) is 19.6 Å². The third-order valence-corrected chi connectivity index (χ3v) is 4.37. The molecular weight excluding hydrogens is 288 g/mol. The van der Waals surface area contributed by atoms with Gasteiger partial charge in [-0.2, -0.15) is 4.72 Å². The van der Waals surface area contributed by atoms with Gasteiger partial charge in [-0.3, -0.25) is 4.79 Å². The molecule has 1 heterocycles. The lowest BCUT2D eigenvalue weighted by molar-refractivity contribution is -0.139. The maximum absolute atomic E-state index is 12.1. The average Bonchev–Trinajstić information content (AvgIpc) is 2.74. The fourth-order valence-electron chi connectivity index (χ4n) is 1.67. The lowest BCUT2D eigenvalue weighted by atomic mass is 10.2. The number of nitrogens with one attached hydrogen (secondary N) is 1. The minimum atomic E-state index is -3.80. The Morgan fingerprint density at radius 3 is 2.79 bits per heavy atom. The maximum atomic E-state index is 12.1. The molecule has 0 amide bonds. The van der Waals surface area contributed by atoms with Crippen molar-refractivity contribution in [1.82, 2.24) is 4.72 Å². The Bertz CT molecular complexity index is 627. The monoisotopic (exact) mass is 300 g/mol. The van der Waals surface area contributed by atoms with Gasteiger partial charge in [0, 0.05) is 12.0 Å². The molecule has 6 nitrogen and oxygen atoms in total. The van der Waals surface area contributed by atoms with Gasteiger partial charge in [0.1, 0.15) is 11.0 Å². The van der Waals surface area contributed by atoms with Crippen molar-refractivity contribution in [3.63, 3.8) is 0 Å². The number of nitrogens with two attached hydrogens (primary N) is 1. The Morgan fingerprint density at radius 1 is 1.47 bits per heavy atom.